The van der Waals surface area contributed by atoms with Crippen molar-refractivity contribution >= 4 is 20.5 Å². The summed E-state index contributed by atoms with van der Waals surface area (Å²) in [5.41, 5.74) is 0. The van der Waals surface area contributed by atoms with Gasteiger partial charge in [-0.2, -0.15) is 0 Å². The van der Waals surface area contributed by atoms with Crippen LogP contribution in [0, 0.1) is 0 Å². The van der Waals surface area contributed by atoms with Crippen LogP contribution in [-0.2, 0) is 21.0 Å². The molecule has 25 heavy (non-hydrogen) atoms. The quantitative estimate of drug-likeness (QED) is 0.214. The number of ether oxygens (including phenoxy) is 1. The van der Waals surface area contributed by atoms with E-state index in [0.717, 1.165) is 51.4 Å². The third kappa shape index (κ3) is 11.1. The van der Waals surface area contributed by atoms with E-state index in [1.807, 2.05) is 0 Å². The van der Waals surface area contributed by atoms with Gasteiger partial charge in [0.15, 0.2) is 0 Å². The summed E-state index contributed by atoms with van der Waals surface area (Å²) in [6, 6.07) is 0. The first-order valence-electron chi connectivity index (χ1n) is 10.00. The van der Waals surface area contributed by atoms with Crippen LogP contribution in [0.25, 0.3) is 0 Å². The number of esters is 1. The molecule has 0 radical (unpaired) electrons. The van der Waals surface area contributed by atoms with Gasteiger partial charge in [0.25, 0.3) is 0 Å². The average Bonchev–Trinajstić information content (AvgIpc) is 2.96. The van der Waals surface area contributed by atoms with Crippen molar-refractivity contribution in [2.24, 2.45) is 0 Å². The van der Waals surface area contributed by atoms with Gasteiger partial charge in [-0.25, -0.2) is 0 Å². The van der Waals surface area contributed by atoms with Crippen LogP contribution in [0.5, 0.6) is 0 Å². The molecule has 5 nitrogen and oxygen atoms in total. The van der Waals surface area contributed by atoms with Gasteiger partial charge in [0.2, 0.25) is 0 Å². The monoisotopic (exact) mass is 424 g/mol. The van der Waals surface area contributed by atoms with Crippen molar-refractivity contribution in [1.82, 2.24) is 0 Å². The van der Waals surface area contributed by atoms with E-state index in [-0.39, 0.29) is 18.2 Å². The molecule has 0 aromatic rings. The van der Waals surface area contributed by atoms with Crippen LogP contribution in [0.4, 0.5) is 0 Å². The molecule has 0 aromatic heterocycles. The Morgan fingerprint density at radius 2 is 1.32 bits per heavy atom. The predicted molar refractivity (Wildman–Crippen MR) is 98.5 cm³/mol. The summed E-state index contributed by atoms with van der Waals surface area (Å²) in [5.74, 6) is -0.125. The van der Waals surface area contributed by atoms with E-state index < -0.39 is 14.5 Å². The van der Waals surface area contributed by atoms with Gasteiger partial charge in [-0.15, -0.1) is 0 Å². The summed E-state index contributed by atoms with van der Waals surface area (Å²) in [5, 5.41) is 0. The summed E-state index contributed by atoms with van der Waals surface area (Å²) >= 11 is -2.49. The minimum absolute atomic E-state index is 0.0215. The van der Waals surface area contributed by atoms with E-state index in [4.69, 9.17) is 7.64 Å². The van der Waals surface area contributed by atoms with Crippen LogP contribution in [-0.4, -0.2) is 39.8 Å². The van der Waals surface area contributed by atoms with Gasteiger partial charge < -0.3 is 0 Å². The topological polar surface area (TPSA) is 61.8 Å². The van der Waals surface area contributed by atoms with Crippen molar-refractivity contribution in [2.45, 2.75) is 109 Å². The zero-order chi connectivity index (χ0) is 18.3. The normalized spacial score (nSPS) is 23.0. The number of rotatable bonds is 15. The molecule has 0 bridgehead atoms. The second kappa shape index (κ2) is 14.8. The molecular weight excluding hydrogens is 387 g/mol. The molecule has 0 aromatic carbocycles. The third-order valence-corrected chi connectivity index (χ3v) is 6.46. The van der Waals surface area contributed by atoms with Crippen LogP contribution >= 0.6 is 0 Å². The number of carbonyl (C=O) groups excluding carboxylic acids is 1. The molecule has 1 fully saturated rings. The van der Waals surface area contributed by atoms with Gasteiger partial charge in [-0.1, -0.05) is 0 Å². The number of unbranched alkanes of at least 4 members (excludes halogenated alkanes) is 9. The molecule has 0 saturated carbocycles. The maximum absolute atomic E-state index is 11.6. The second-order valence-corrected chi connectivity index (χ2v) is 8.58. The number of methoxy groups -OCH3 is 1. The van der Waals surface area contributed by atoms with Crippen LogP contribution in [0.3, 0.4) is 0 Å². The van der Waals surface area contributed by atoms with E-state index in [9.17, 15) is 8.63 Å². The third-order valence-electron chi connectivity index (χ3n) is 4.76. The molecule has 0 aliphatic carbocycles. The Morgan fingerprint density at radius 3 is 1.84 bits per heavy atom. The van der Waals surface area contributed by atoms with Crippen molar-refractivity contribution in [3.05, 3.63) is 0 Å². The number of carbonyl (C=O) groups is 1. The summed E-state index contributed by atoms with van der Waals surface area (Å²) < 4.78 is 27.3. The van der Waals surface area contributed by atoms with Crippen LogP contribution in [0.2, 0.25) is 0 Å². The molecule has 0 amide bonds. The molecular formula is C19H36O5Se. The van der Waals surface area contributed by atoms with Gasteiger partial charge in [0.1, 0.15) is 0 Å². The number of hydrogen-bond donors (Lipinski definition) is 0. The molecule has 148 valence electrons. The Bertz CT molecular complexity index is 375. The molecule has 1 saturated heterocycles. The fraction of sp³-hybridized carbons (Fsp3) is 0.947. The molecule has 1 aliphatic heterocycles. The van der Waals surface area contributed by atoms with Crippen molar-refractivity contribution in [3.63, 3.8) is 0 Å². The van der Waals surface area contributed by atoms with Gasteiger partial charge in [-0.05, 0) is 0 Å². The van der Waals surface area contributed by atoms with E-state index in [0.29, 0.717) is 6.42 Å². The first-order chi connectivity index (χ1) is 12.2. The molecule has 6 heteroatoms. The zero-order valence-electron chi connectivity index (χ0n) is 16.0. The fourth-order valence-electron chi connectivity index (χ4n) is 3.19. The Hall–Kier alpha value is -0.291. The molecule has 1 unspecified atom stereocenters. The van der Waals surface area contributed by atoms with Crippen LogP contribution in [0.15, 0.2) is 0 Å². The van der Waals surface area contributed by atoms with Crippen molar-refractivity contribution in [2.75, 3.05) is 7.11 Å². The summed E-state index contributed by atoms with van der Waals surface area (Å²) in [6.45, 7) is 2.23. The molecule has 1 rings (SSSR count). The summed E-state index contributed by atoms with van der Waals surface area (Å²) in [7, 11) is 1.43. The van der Waals surface area contributed by atoms with Crippen LogP contribution in [0.1, 0.15) is 96.8 Å². The Kier molecular flexibility index (Phi) is 13.5. The van der Waals surface area contributed by atoms with Crippen molar-refractivity contribution < 1.29 is 21.0 Å². The first kappa shape index (κ1) is 22.7. The van der Waals surface area contributed by atoms with Crippen LogP contribution < -0.4 is 0 Å². The number of hydrogen-bond acceptors (Lipinski definition) is 5. The molecule has 0 N–H and O–H groups in total. The molecule has 3 atom stereocenters. The van der Waals surface area contributed by atoms with E-state index >= 15 is 0 Å². The van der Waals surface area contributed by atoms with E-state index in [1.54, 1.807) is 0 Å². The van der Waals surface area contributed by atoms with E-state index in [1.165, 1.54) is 39.2 Å². The first-order valence-corrected chi connectivity index (χ1v) is 12.1. The average molecular weight is 423 g/mol. The zero-order valence-corrected chi connectivity index (χ0v) is 17.7. The fourth-order valence-corrected chi connectivity index (χ4v) is 5.06. The minimum atomic E-state index is -2.49. The predicted octanol–water partition coefficient (Wildman–Crippen LogP) is 4.84. The maximum atomic E-state index is 11.6. The molecule has 1 heterocycles. The summed E-state index contributed by atoms with van der Waals surface area (Å²) in [4.78, 5) is 11.0. The Labute approximate surface area is 157 Å². The Morgan fingerprint density at radius 1 is 0.840 bits per heavy atom. The Balaban J connectivity index is 2.06. The van der Waals surface area contributed by atoms with Gasteiger partial charge in [0.05, 0.1) is 0 Å². The van der Waals surface area contributed by atoms with Crippen molar-refractivity contribution in [3.8, 4) is 0 Å². The van der Waals surface area contributed by atoms with Gasteiger partial charge in [-0.3, -0.25) is 0 Å². The van der Waals surface area contributed by atoms with Gasteiger partial charge in [0, 0.05) is 0 Å². The SMILES string of the molecule is CCCCCCCC[C@@H]1O[Se](=O)O[C@H]1CCCCCCCC(=O)OC. The summed E-state index contributed by atoms with van der Waals surface area (Å²) in [6.07, 6.45) is 15.3. The van der Waals surface area contributed by atoms with E-state index in [2.05, 4.69) is 11.7 Å². The molecule has 0 spiro atoms. The van der Waals surface area contributed by atoms with Crippen molar-refractivity contribution in [1.29, 1.82) is 0 Å². The standard InChI is InChI=1S/C19H36O5Se/c1-3-4-5-6-8-11-14-17-18(24-25(21)23-17)15-12-9-7-10-13-16-19(20)22-2/h17-18H,3-16H2,1-2H3/t17-,18-,25?/m0/s1. The molecule has 1 aliphatic rings. The second-order valence-electron chi connectivity index (χ2n) is 6.91. The van der Waals surface area contributed by atoms with Gasteiger partial charge >= 0.3 is 158 Å².